The van der Waals surface area contributed by atoms with E-state index in [1.807, 2.05) is 0 Å². The number of hydrogen-bond acceptors (Lipinski definition) is 2. The molecule has 0 aromatic rings. The summed E-state index contributed by atoms with van der Waals surface area (Å²) in [6.07, 6.45) is 7.85. The minimum absolute atomic E-state index is 0.0471. The molecule has 2 atom stereocenters. The van der Waals surface area contributed by atoms with Crippen LogP contribution in [0.5, 0.6) is 0 Å². The second kappa shape index (κ2) is 5.20. The Morgan fingerprint density at radius 3 is 2.33 bits per heavy atom. The zero-order valence-corrected chi connectivity index (χ0v) is 12.0. The van der Waals surface area contributed by atoms with Crippen LogP contribution in [-0.2, 0) is 4.79 Å². The molecule has 0 aliphatic heterocycles. The summed E-state index contributed by atoms with van der Waals surface area (Å²) >= 11 is 0. The molecule has 0 aromatic carbocycles. The van der Waals surface area contributed by atoms with Crippen LogP contribution in [-0.4, -0.2) is 34.1 Å². The Morgan fingerprint density at radius 2 is 1.83 bits per heavy atom. The molecular weight excluding hydrogens is 226 g/mol. The van der Waals surface area contributed by atoms with Crippen molar-refractivity contribution in [1.29, 1.82) is 0 Å². The van der Waals surface area contributed by atoms with E-state index in [2.05, 4.69) is 25.7 Å². The van der Waals surface area contributed by atoms with Crippen LogP contribution in [0.15, 0.2) is 0 Å². The van der Waals surface area contributed by atoms with Crippen molar-refractivity contribution in [3.8, 4) is 0 Å². The lowest BCUT2D eigenvalue weighted by Crippen LogP contribution is -2.52. The van der Waals surface area contributed by atoms with Gasteiger partial charge in [0.2, 0.25) is 0 Å². The van der Waals surface area contributed by atoms with Gasteiger partial charge in [-0.1, -0.05) is 12.8 Å². The normalized spacial score (nSPS) is 29.6. The van der Waals surface area contributed by atoms with E-state index in [9.17, 15) is 4.79 Å². The fourth-order valence-electron chi connectivity index (χ4n) is 3.54. The topological polar surface area (TPSA) is 40.5 Å². The molecule has 18 heavy (non-hydrogen) atoms. The summed E-state index contributed by atoms with van der Waals surface area (Å²) in [5.74, 6) is 1.13. The molecule has 2 aliphatic carbocycles. The van der Waals surface area contributed by atoms with Gasteiger partial charge in [0.05, 0.1) is 6.54 Å². The van der Waals surface area contributed by atoms with Crippen LogP contribution < -0.4 is 0 Å². The molecule has 3 heteroatoms. The molecule has 0 amide bonds. The van der Waals surface area contributed by atoms with Gasteiger partial charge in [0.15, 0.2) is 0 Å². The molecule has 2 aliphatic rings. The van der Waals surface area contributed by atoms with E-state index in [0.29, 0.717) is 6.04 Å². The third-order valence-corrected chi connectivity index (χ3v) is 4.58. The molecule has 1 N–H and O–H groups in total. The Balaban J connectivity index is 2.02. The first-order valence-electron chi connectivity index (χ1n) is 7.36. The van der Waals surface area contributed by atoms with E-state index in [4.69, 9.17) is 5.11 Å². The summed E-state index contributed by atoms with van der Waals surface area (Å²) in [5.41, 5.74) is -0.0471. The van der Waals surface area contributed by atoms with Gasteiger partial charge in [0, 0.05) is 11.6 Å². The average Bonchev–Trinajstić information content (AvgIpc) is 3.08. The number of nitrogens with zero attached hydrogens (tertiary/aromatic N) is 1. The fraction of sp³-hybridized carbons (Fsp3) is 0.933. The highest BCUT2D eigenvalue weighted by molar-refractivity contribution is 5.69. The Hall–Kier alpha value is -0.570. The molecule has 2 saturated carbocycles. The Morgan fingerprint density at radius 1 is 1.17 bits per heavy atom. The summed E-state index contributed by atoms with van der Waals surface area (Å²) in [7, 11) is 0. The Bertz CT molecular complexity index is 304. The molecule has 0 spiro atoms. The number of hydrogen-bond donors (Lipinski definition) is 1. The number of rotatable bonds is 4. The van der Waals surface area contributed by atoms with Gasteiger partial charge in [-0.2, -0.15) is 0 Å². The molecule has 2 rings (SSSR count). The van der Waals surface area contributed by atoms with Gasteiger partial charge in [-0.3, -0.25) is 9.69 Å². The fourth-order valence-corrected chi connectivity index (χ4v) is 3.54. The van der Waals surface area contributed by atoms with Crippen molar-refractivity contribution >= 4 is 5.97 Å². The first-order chi connectivity index (χ1) is 8.38. The summed E-state index contributed by atoms with van der Waals surface area (Å²) in [6.45, 7) is 6.59. The molecule has 0 aromatic heterocycles. The number of aliphatic carboxylic acids is 1. The van der Waals surface area contributed by atoms with Crippen LogP contribution in [0, 0.1) is 11.8 Å². The number of carbonyl (C=O) groups is 1. The third-order valence-electron chi connectivity index (χ3n) is 4.58. The van der Waals surface area contributed by atoms with Crippen LogP contribution in [0.2, 0.25) is 0 Å². The third kappa shape index (κ3) is 3.47. The van der Waals surface area contributed by atoms with Gasteiger partial charge in [-0.05, 0) is 58.3 Å². The highest BCUT2D eigenvalue weighted by Gasteiger charge is 2.39. The predicted octanol–water partition coefficient (Wildman–Crippen LogP) is 3.14. The number of carboxylic acid groups (broad SMARTS) is 1. The number of carboxylic acids is 1. The highest BCUT2D eigenvalue weighted by atomic mass is 16.4. The van der Waals surface area contributed by atoms with Crippen molar-refractivity contribution in [2.75, 3.05) is 6.54 Å². The maximum absolute atomic E-state index is 11.1. The molecule has 2 fully saturated rings. The summed E-state index contributed by atoms with van der Waals surface area (Å²) in [6, 6.07) is 0.473. The minimum Gasteiger partial charge on any atom is -0.480 e. The predicted molar refractivity (Wildman–Crippen MR) is 72.6 cm³/mol. The Labute approximate surface area is 111 Å². The first kappa shape index (κ1) is 13.9. The molecule has 0 radical (unpaired) electrons. The molecular formula is C15H27NO2. The minimum atomic E-state index is -0.696. The first-order valence-corrected chi connectivity index (χ1v) is 7.36. The maximum Gasteiger partial charge on any atom is 0.317 e. The van der Waals surface area contributed by atoms with Crippen LogP contribution in [0.3, 0.4) is 0 Å². The van der Waals surface area contributed by atoms with Gasteiger partial charge < -0.3 is 5.11 Å². The van der Waals surface area contributed by atoms with Crippen molar-refractivity contribution in [3.05, 3.63) is 0 Å². The summed E-state index contributed by atoms with van der Waals surface area (Å²) in [5, 5.41) is 9.12. The van der Waals surface area contributed by atoms with E-state index < -0.39 is 5.97 Å². The largest absolute Gasteiger partial charge is 0.480 e. The molecule has 0 bridgehead atoms. The van der Waals surface area contributed by atoms with Crippen molar-refractivity contribution in [3.63, 3.8) is 0 Å². The molecule has 0 heterocycles. The van der Waals surface area contributed by atoms with Crippen molar-refractivity contribution in [2.24, 2.45) is 11.8 Å². The average molecular weight is 253 g/mol. The summed E-state index contributed by atoms with van der Waals surface area (Å²) in [4.78, 5) is 13.3. The smallest absolute Gasteiger partial charge is 0.317 e. The van der Waals surface area contributed by atoms with E-state index in [1.54, 1.807) is 0 Å². The van der Waals surface area contributed by atoms with Crippen LogP contribution in [0.1, 0.15) is 59.3 Å². The lowest BCUT2D eigenvalue weighted by Gasteiger charge is -2.44. The standard InChI is InChI=1S/C15H27NO2/c1-15(2,3)16(10-14(17)18)13-6-4-5-12(9-13)11-7-8-11/h11-13H,4-10H2,1-3H3,(H,17,18). The van der Waals surface area contributed by atoms with E-state index in [1.165, 1.54) is 38.5 Å². The highest BCUT2D eigenvalue weighted by Crippen LogP contribution is 2.45. The molecule has 2 unspecified atom stereocenters. The molecule has 0 saturated heterocycles. The quantitative estimate of drug-likeness (QED) is 0.836. The van der Waals surface area contributed by atoms with E-state index in [-0.39, 0.29) is 12.1 Å². The van der Waals surface area contributed by atoms with Crippen molar-refractivity contribution in [1.82, 2.24) is 4.90 Å². The van der Waals surface area contributed by atoms with Crippen LogP contribution in [0.25, 0.3) is 0 Å². The van der Waals surface area contributed by atoms with Crippen LogP contribution in [0.4, 0.5) is 0 Å². The molecule has 3 nitrogen and oxygen atoms in total. The van der Waals surface area contributed by atoms with Crippen LogP contribution >= 0.6 is 0 Å². The van der Waals surface area contributed by atoms with Gasteiger partial charge in [-0.15, -0.1) is 0 Å². The van der Waals surface area contributed by atoms with Gasteiger partial charge in [0.1, 0.15) is 0 Å². The van der Waals surface area contributed by atoms with E-state index >= 15 is 0 Å². The molecule has 104 valence electrons. The zero-order chi connectivity index (χ0) is 13.3. The lowest BCUT2D eigenvalue weighted by molar-refractivity contribution is -0.141. The monoisotopic (exact) mass is 253 g/mol. The van der Waals surface area contributed by atoms with Crippen molar-refractivity contribution < 1.29 is 9.90 Å². The van der Waals surface area contributed by atoms with Gasteiger partial charge in [-0.25, -0.2) is 0 Å². The maximum atomic E-state index is 11.1. The Kier molecular flexibility index (Phi) is 4.00. The van der Waals surface area contributed by atoms with Crippen molar-refractivity contribution in [2.45, 2.75) is 70.9 Å². The summed E-state index contributed by atoms with van der Waals surface area (Å²) < 4.78 is 0. The SMILES string of the molecule is CC(C)(C)N(CC(=O)O)C1CCCC(C2CC2)C1. The van der Waals surface area contributed by atoms with Gasteiger partial charge >= 0.3 is 5.97 Å². The zero-order valence-electron chi connectivity index (χ0n) is 12.0. The lowest BCUT2D eigenvalue weighted by atomic mass is 9.81. The van der Waals surface area contributed by atoms with Gasteiger partial charge in [0.25, 0.3) is 0 Å². The van der Waals surface area contributed by atoms with E-state index in [0.717, 1.165) is 11.8 Å². The second-order valence-corrected chi connectivity index (χ2v) is 7.11. The second-order valence-electron chi connectivity index (χ2n) is 7.11.